The monoisotopic (exact) mass is 283 g/mol. The van der Waals surface area contributed by atoms with Gasteiger partial charge in [-0.25, -0.2) is 13.1 Å². The lowest BCUT2D eigenvalue weighted by Crippen LogP contribution is -2.51. The summed E-state index contributed by atoms with van der Waals surface area (Å²) in [6.07, 6.45) is 5.48. The van der Waals surface area contributed by atoms with Crippen LogP contribution in [-0.4, -0.2) is 39.3 Å². The number of halogens is 1. The summed E-state index contributed by atoms with van der Waals surface area (Å²) in [5.74, 6) is 0.468. The van der Waals surface area contributed by atoms with Crippen LogP contribution in [-0.2, 0) is 14.8 Å². The highest BCUT2D eigenvalue weighted by molar-refractivity contribution is 7.89. The van der Waals surface area contributed by atoms with Gasteiger partial charge in [-0.15, -0.1) is 11.6 Å². The lowest BCUT2D eigenvalue weighted by molar-refractivity contribution is 0.199. The van der Waals surface area contributed by atoms with Gasteiger partial charge in [0.15, 0.2) is 0 Å². The summed E-state index contributed by atoms with van der Waals surface area (Å²) in [4.78, 5) is 0. The molecule has 1 aliphatic rings. The predicted molar refractivity (Wildman–Crippen MR) is 70.0 cm³/mol. The molecule has 1 rings (SSSR count). The first-order valence-electron chi connectivity index (χ1n) is 6.10. The van der Waals surface area contributed by atoms with E-state index in [0.717, 1.165) is 25.7 Å². The predicted octanol–water partition coefficient (Wildman–Crippen LogP) is 1.88. The number of sulfonamides is 1. The normalized spacial score (nSPS) is 20.4. The van der Waals surface area contributed by atoms with E-state index < -0.39 is 15.6 Å². The highest BCUT2D eigenvalue weighted by Gasteiger charge is 2.34. The van der Waals surface area contributed by atoms with Crippen LogP contribution in [0.2, 0.25) is 0 Å². The van der Waals surface area contributed by atoms with Gasteiger partial charge in [0.2, 0.25) is 10.0 Å². The van der Waals surface area contributed by atoms with Gasteiger partial charge >= 0.3 is 0 Å². The topological polar surface area (TPSA) is 55.4 Å². The van der Waals surface area contributed by atoms with Crippen LogP contribution in [0.25, 0.3) is 0 Å². The molecule has 0 atom stereocenters. The van der Waals surface area contributed by atoms with E-state index in [2.05, 4.69) is 4.72 Å². The first-order valence-corrected chi connectivity index (χ1v) is 8.29. The Bertz CT molecular complexity index is 313. The molecule has 1 aliphatic carbocycles. The van der Waals surface area contributed by atoms with Crippen LogP contribution in [0.3, 0.4) is 0 Å². The van der Waals surface area contributed by atoms with Crippen LogP contribution in [0.4, 0.5) is 0 Å². The van der Waals surface area contributed by atoms with Gasteiger partial charge in [0.1, 0.15) is 0 Å². The second kappa shape index (κ2) is 6.92. The van der Waals surface area contributed by atoms with Crippen molar-refractivity contribution in [2.75, 3.05) is 25.3 Å². The molecule has 0 aromatic heterocycles. The Morgan fingerprint density at radius 2 is 1.94 bits per heavy atom. The molecule has 102 valence electrons. The third kappa shape index (κ3) is 5.12. The minimum absolute atomic E-state index is 0.111. The summed E-state index contributed by atoms with van der Waals surface area (Å²) in [5, 5.41) is 0. The van der Waals surface area contributed by atoms with Crippen LogP contribution in [0.15, 0.2) is 0 Å². The van der Waals surface area contributed by atoms with E-state index in [4.69, 9.17) is 16.3 Å². The second-order valence-electron chi connectivity index (χ2n) is 4.74. The highest BCUT2D eigenvalue weighted by Crippen LogP contribution is 2.30. The number of methoxy groups -OCH3 is 1. The molecule has 0 bridgehead atoms. The fraction of sp³-hybridized carbons (Fsp3) is 1.00. The van der Waals surface area contributed by atoms with Gasteiger partial charge in [-0.05, 0) is 19.3 Å². The van der Waals surface area contributed by atoms with Crippen LogP contribution in [0.1, 0.15) is 38.5 Å². The molecule has 0 aliphatic heterocycles. The van der Waals surface area contributed by atoms with Gasteiger partial charge in [0.05, 0.1) is 5.75 Å². The fourth-order valence-electron chi connectivity index (χ4n) is 2.27. The zero-order valence-corrected chi connectivity index (χ0v) is 11.9. The third-order valence-electron chi connectivity index (χ3n) is 3.20. The van der Waals surface area contributed by atoms with Gasteiger partial charge < -0.3 is 4.74 Å². The van der Waals surface area contributed by atoms with E-state index in [9.17, 15) is 8.42 Å². The van der Waals surface area contributed by atoms with Crippen molar-refractivity contribution in [3.05, 3.63) is 0 Å². The summed E-state index contributed by atoms with van der Waals surface area (Å²) in [5.41, 5.74) is -0.411. The Kier molecular flexibility index (Phi) is 6.20. The van der Waals surface area contributed by atoms with E-state index in [1.165, 1.54) is 6.42 Å². The summed E-state index contributed by atoms with van der Waals surface area (Å²) < 4.78 is 31.5. The van der Waals surface area contributed by atoms with E-state index in [-0.39, 0.29) is 5.75 Å². The lowest BCUT2D eigenvalue weighted by Gasteiger charge is -2.36. The third-order valence-corrected chi connectivity index (χ3v) is 5.28. The smallest absolute Gasteiger partial charge is 0.212 e. The Morgan fingerprint density at radius 3 is 2.47 bits per heavy atom. The standard InChI is InChI=1S/C11H22ClNO3S/c1-16-8-5-9-17(14,15)13-11(10-12)6-3-2-4-7-11/h13H,2-10H2,1H3. The van der Waals surface area contributed by atoms with Gasteiger partial charge in [0.25, 0.3) is 0 Å². The van der Waals surface area contributed by atoms with Crippen molar-refractivity contribution in [3.63, 3.8) is 0 Å². The van der Waals surface area contributed by atoms with E-state index >= 15 is 0 Å². The Labute approximate surface area is 109 Å². The molecule has 1 fully saturated rings. The van der Waals surface area contributed by atoms with Crippen LogP contribution in [0, 0.1) is 0 Å². The maximum Gasteiger partial charge on any atom is 0.212 e. The molecule has 0 spiro atoms. The zero-order chi connectivity index (χ0) is 12.8. The molecule has 0 heterocycles. The summed E-state index contributed by atoms with van der Waals surface area (Å²) >= 11 is 5.95. The fourth-order valence-corrected chi connectivity index (χ4v) is 4.22. The molecular formula is C11H22ClNO3S. The van der Waals surface area contributed by atoms with Crippen molar-refractivity contribution < 1.29 is 13.2 Å². The maximum atomic E-state index is 11.9. The van der Waals surface area contributed by atoms with Crippen molar-refractivity contribution >= 4 is 21.6 Å². The summed E-state index contributed by atoms with van der Waals surface area (Å²) in [6.45, 7) is 0.467. The van der Waals surface area contributed by atoms with Gasteiger partial charge in [-0.2, -0.15) is 0 Å². The molecule has 0 saturated heterocycles. The van der Waals surface area contributed by atoms with Crippen molar-refractivity contribution in [1.29, 1.82) is 0 Å². The summed E-state index contributed by atoms with van der Waals surface area (Å²) in [7, 11) is -1.67. The number of alkyl halides is 1. The molecule has 0 unspecified atom stereocenters. The largest absolute Gasteiger partial charge is 0.385 e. The van der Waals surface area contributed by atoms with Crippen LogP contribution < -0.4 is 4.72 Å². The maximum absolute atomic E-state index is 11.9. The van der Waals surface area contributed by atoms with E-state index in [0.29, 0.717) is 18.9 Å². The molecule has 0 radical (unpaired) electrons. The van der Waals surface area contributed by atoms with Crippen molar-refractivity contribution in [2.45, 2.75) is 44.1 Å². The SMILES string of the molecule is COCCCS(=O)(=O)NC1(CCl)CCCCC1. The van der Waals surface area contributed by atoms with Crippen molar-refractivity contribution in [3.8, 4) is 0 Å². The average molecular weight is 284 g/mol. The molecule has 4 nitrogen and oxygen atoms in total. The summed E-state index contributed by atoms with van der Waals surface area (Å²) in [6, 6.07) is 0. The zero-order valence-electron chi connectivity index (χ0n) is 10.4. The quantitative estimate of drug-likeness (QED) is 0.573. The first-order chi connectivity index (χ1) is 8.04. The van der Waals surface area contributed by atoms with Crippen molar-refractivity contribution in [1.82, 2.24) is 4.72 Å². The van der Waals surface area contributed by atoms with Crippen molar-refractivity contribution in [2.24, 2.45) is 0 Å². The first kappa shape index (κ1) is 15.2. The number of hydrogen-bond donors (Lipinski definition) is 1. The highest BCUT2D eigenvalue weighted by atomic mass is 35.5. The van der Waals surface area contributed by atoms with E-state index in [1.807, 2.05) is 0 Å². The van der Waals surface area contributed by atoms with Gasteiger partial charge in [-0.1, -0.05) is 19.3 Å². The Hall–Kier alpha value is 0.160. The molecule has 0 aromatic rings. The number of nitrogens with one attached hydrogen (secondary N) is 1. The Morgan fingerprint density at radius 1 is 1.29 bits per heavy atom. The van der Waals surface area contributed by atoms with E-state index in [1.54, 1.807) is 7.11 Å². The minimum Gasteiger partial charge on any atom is -0.385 e. The van der Waals surface area contributed by atoms with Gasteiger partial charge in [-0.3, -0.25) is 0 Å². The molecule has 0 amide bonds. The number of hydrogen-bond acceptors (Lipinski definition) is 3. The second-order valence-corrected chi connectivity index (χ2v) is 6.85. The number of rotatable bonds is 7. The Balaban J connectivity index is 2.54. The lowest BCUT2D eigenvalue weighted by atomic mass is 9.84. The van der Waals surface area contributed by atoms with Gasteiger partial charge in [0, 0.05) is 25.1 Å². The molecule has 6 heteroatoms. The van der Waals surface area contributed by atoms with Crippen LogP contribution >= 0.6 is 11.6 Å². The minimum atomic E-state index is -3.24. The van der Waals surface area contributed by atoms with Crippen LogP contribution in [0.5, 0.6) is 0 Å². The molecular weight excluding hydrogens is 262 g/mol. The molecule has 17 heavy (non-hydrogen) atoms. The average Bonchev–Trinajstić information content (AvgIpc) is 2.30. The molecule has 0 aromatic carbocycles. The number of ether oxygens (including phenoxy) is 1. The molecule has 1 saturated carbocycles. The molecule has 1 N–H and O–H groups in total.